The van der Waals surface area contributed by atoms with E-state index in [1.165, 1.54) is 0 Å². The highest BCUT2D eigenvalue weighted by molar-refractivity contribution is 9.09. The predicted octanol–water partition coefficient (Wildman–Crippen LogP) is 1.24. The molecule has 0 radical (unpaired) electrons. The first-order valence-corrected chi connectivity index (χ1v) is 4.76. The summed E-state index contributed by atoms with van der Waals surface area (Å²) in [5.74, 6) is -0.0642. The molecule has 0 unspecified atom stereocenters. The van der Waals surface area contributed by atoms with E-state index in [9.17, 15) is 4.79 Å². The van der Waals surface area contributed by atoms with Crippen LogP contribution < -0.4 is 5.32 Å². The van der Waals surface area contributed by atoms with Crippen LogP contribution in [0.1, 0.15) is 6.92 Å². The van der Waals surface area contributed by atoms with E-state index in [0.29, 0.717) is 5.33 Å². The number of hydrogen-bond donors (Lipinski definition) is 1. The third-order valence-corrected chi connectivity index (χ3v) is 1.87. The first kappa shape index (κ1) is 9.25. The van der Waals surface area contributed by atoms with Crippen molar-refractivity contribution in [2.24, 2.45) is 0 Å². The first-order chi connectivity index (χ1) is 5.76. The number of anilines is 1. The number of carbonyl (C=O) groups is 1. The highest BCUT2D eigenvalue weighted by Gasteiger charge is 2.00. The molecule has 5 heteroatoms. The predicted molar refractivity (Wildman–Crippen MR) is 50.3 cm³/mol. The molecule has 1 aromatic heterocycles. The number of nitrogens with one attached hydrogen (secondary N) is 1. The quantitative estimate of drug-likeness (QED) is 0.797. The van der Waals surface area contributed by atoms with Crippen LogP contribution in [-0.4, -0.2) is 21.0 Å². The molecule has 0 aliphatic carbocycles. The molecule has 0 saturated heterocycles. The lowest BCUT2D eigenvalue weighted by molar-refractivity contribution is -0.113. The number of halogens is 1. The zero-order chi connectivity index (χ0) is 8.97. The molecule has 66 valence electrons. The maximum absolute atomic E-state index is 10.9. The van der Waals surface area contributed by atoms with Gasteiger partial charge in [0.05, 0.1) is 17.2 Å². The Balaban J connectivity index is 2.58. The summed E-state index contributed by atoms with van der Waals surface area (Å²) in [7, 11) is 0. The minimum atomic E-state index is -0.0642. The zero-order valence-corrected chi connectivity index (χ0v) is 8.34. The molecule has 12 heavy (non-hydrogen) atoms. The lowest BCUT2D eigenvalue weighted by Gasteiger charge is -1.96. The molecule has 1 heterocycles. The molecule has 1 aromatic rings. The van der Waals surface area contributed by atoms with Gasteiger partial charge in [0.2, 0.25) is 5.91 Å². The standard InChI is InChI=1S/C7H10BrN3O/c1-2-11-5-6(4-9-11)10-7(12)3-8/h4-5H,2-3H2,1H3,(H,10,12). The van der Waals surface area contributed by atoms with Crippen LogP contribution in [0.3, 0.4) is 0 Å². The summed E-state index contributed by atoms with van der Waals surface area (Å²) in [6.07, 6.45) is 3.42. The topological polar surface area (TPSA) is 46.9 Å². The maximum Gasteiger partial charge on any atom is 0.235 e. The Hall–Kier alpha value is -0.840. The van der Waals surface area contributed by atoms with E-state index in [1.54, 1.807) is 17.1 Å². The fourth-order valence-corrected chi connectivity index (χ4v) is 0.936. The molecule has 1 N–H and O–H groups in total. The SMILES string of the molecule is CCn1cc(NC(=O)CBr)cn1. The van der Waals surface area contributed by atoms with Gasteiger partial charge in [-0.1, -0.05) is 15.9 Å². The Morgan fingerprint density at radius 1 is 1.83 bits per heavy atom. The zero-order valence-electron chi connectivity index (χ0n) is 6.75. The van der Waals surface area contributed by atoms with Crippen molar-refractivity contribution in [3.63, 3.8) is 0 Å². The minimum Gasteiger partial charge on any atom is -0.323 e. The van der Waals surface area contributed by atoms with Crippen LogP contribution in [0.25, 0.3) is 0 Å². The maximum atomic E-state index is 10.9. The summed E-state index contributed by atoms with van der Waals surface area (Å²) < 4.78 is 1.75. The third kappa shape index (κ3) is 2.34. The molecule has 0 bridgehead atoms. The summed E-state index contributed by atoms with van der Waals surface area (Å²) in [5.41, 5.74) is 0.737. The van der Waals surface area contributed by atoms with E-state index in [1.807, 2.05) is 6.92 Å². The highest BCUT2D eigenvalue weighted by atomic mass is 79.9. The highest BCUT2D eigenvalue weighted by Crippen LogP contribution is 2.04. The normalized spacial score (nSPS) is 9.83. The van der Waals surface area contributed by atoms with Crippen LogP contribution >= 0.6 is 15.9 Å². The summed E-state index contributed by atoms with van der Waals surface area (Å²) in [6, 6.07) is 0. The van der Waals surface area contributed by atoms with Gasteiger partial charge >= 0.3 is 0 Å². The Labute approximate surface area is 79.1 Å². The number of hydrogen-bond acceptors (Lipinski definition) is 2. The molecular formula is C7H10BrN3O. The average molecular weight is 232 g/mol. The molecule has 1 amide bonds. The third-order valence-electron chi connectivity index (χ3n) is 1.36. The van der Waals surface area contributed by atoms with Crippen LogP contribution in [0, 0.1) is 0 Å². The fraction of sp³-hybridized carbons (Fsp3) is 0.429. The van der Waals surface area contributed by atoms with E-state index < -0.39 is 0 Å². The van der Waals surface area contributed by atoms with Crippen LogP contribution in [0.4, 0.5) is 5.69 Å². The van der Waals surface area contributed by atoms with Crippen molar-refractivity contribution in [1.82, 2.24) is 9.78 Å². The van der Waals surface area contributed by atoms with Crippen LogP contribution in [-0.2, 0) is 11.3 Å². The van der Waals surface area contributed by atoms with Crippen LogP contribution in [0.5, 0.6) is 0 Å². The summed E-state index contributed by atoms with van der Waals surface area (Å²) in [6.45, 7) is 2.80. The van der Waals surface area contributed by atoms with Crippen LogP contribution in [0.2, 0.25) is 0 Å². The van der Waals surface area contributed by atoms with Crippen molar-refractivity contribution in [2.45, 2.75) is 13.5 Å². The van der Waals surface area contributed by atoms with Gasteiger partial charge in [0.15, 0.2) is 0 Å². The molecule has 0 saturated carbocycles. The lowest BCUT2D eigenvalue weighted by atomic mass is 10.5. The fourth-order valence-electron chi connectivity index (χ4n) is 0.795. The Kier molecular flexibility index (Phi) is 3.28. The van der Waals surface area contributed by atoms with E-state index in [-0.39, 0.29) is 5.91 Å². The number of carbonyl (C=O) groups excluding carboxylic acids is 1. The number of amides is 1. The molecule has 0 fully saturated rings. The van der Waals surface area contributed by atoms with Gasteiger partial charge in [0.25, 0.3) is 0 Å². The molecule has 1 rings (SSSR count). The van der Waals surface area contributed by atoms with Gasteiger partial charge in [-0.2, -0.15) is 5.10 Å². The van der Waals surface area contributed by atoms with Gasteiger partial charge in [-0.3, -0.25) is 9.48 Å². The van der Waals surface area contributed by atoms with Crippen molar-refractivity contribution < 1.29 is 4.79 Å². The second-order valence-corrected chi connectivity index (χ2v) is 2.83. The average Bonchev–Trinajstić information content (AvgIpc) is 2.52. The molecule has 0 aromatic carbocycles. The summed E-state index contributed by atoms with van der Waals surface area (Å²) in [5, 5.41) is 7.00. The second kappa shape index (κ2) is 4.25. The molecular weight excluding hydrogens is 222 g/mol. The Morgan fingerprint density at radius 2 is 2.58 bits per heavy atom. The van der Waals surface area contributed by atoms with E-state index >= 15 is 0 Å². The van der Waals surface area contributed by atoms with Gasteiger partial charge in [-0.05, 0) is 6.92 Å². The monoisotopic (exact) mass is 231 g/mol. The van der Waals surface area contributed by atoms with E-state index in [2.05, 4.69) is 26.3 Å². The molecule has 0 aliphatic heterocycles. The largest absolute Gasteiger partial charge is 0.323 e. The van der Waals surface area contributed by atoms with Gasteiger partial charge < -0.3 is 5.32 Å². The lowest BCUT2D eigenvalue weighted by Crippen LogP contribution is -2.11. The summed E-state index contributed by atoms with van der Waals surface area (Å²) >= 11 is 3.06. The van der Waals surface area contributed by atoms with Gasteiger partial charge in [-0.25, -0.2) is 0 Å². The number of nitrogens with zero attached hydrogens (tertiary/aromatic N) is 2. The van der Waals surface area contributed by atoms with E-state index in [0.717, 1.165) is 12.2 Å². The molecule has 0 spiro atoms. The number of aryl methyl sites for hydroxylation is 1. The smallest absolute Gasteiger partial charge is 0.235 e. The van der Waals surface area contributed by atoms with Crippen molar-refractivity contribution in [3.8, 4) is 0 Å². The summed E-state index contributed by atoms with van der Waals surface area (Å²) in [4.78, 5) is 10.9. The molecule has 0 aliphatic rings. The van der Waals surface area contributed by atoms with Crippen molar-refractivity contribution in [1.29, 1.82) is 0 Å². The first-order valence-electron chi connectivity index (χ1n) is 3.64. The minimum absolute atomic E-state index is 0.0642. The van der Waals surface area contributed by atoms with Crippen LogP contribution in [0.15, 0.2) is 12.4 Å². The van der Waals surface area contributed by atoms with Gasteiger partial charge in [0, 0.05) is 12.7 Å². The van der Waals surface area contributed by atoms with Crippen molar-refractivity contribution in [3.05, 3.63) is 12.4 Å². The van der Waals surface area contributed by atoms with Gasteiger partial charge in [0.1, 0.15) is 0 Å². The molecule has 0 atom stereocenters. The molecule has 4 nitrogen and oxygen atoms in total. The van der Waals surface area contributed by atoms with Crippen molar-refractivity contribution in [2.75, 3.05) is 10.6 Å². The second-order valence-electron chi connectivity index (χ2n) is 2.27. The van der Waals surface area contributed by atoms with Crippen molar-refractivity contribution >= 4 is 27.5 Å². The number of aromatic nitrogens is 2. The Bertz CT molecular complexity index is 271. The number of rotatable bonds is 3. The van der Waals surface area contributed by atoms with E-state index in [4.69, 9.17) is 0 Å². The Morgan fingerprint density at radius 3 is 3.08 bits per heavy atom. The number of alkyl halides is 1. The van der Waals surface area contributed by atoms with Gasteiger partial charge in [-0.15, -0.1) is 0 Å².